The smallest absolute Gasteiger partial charge is 0.321 e. The molecule has 7 nitrogen and oxygen atoms in total. The first-order valence-electron chi connectivity index (χ1n) is 9.56. The van der Waals surface area contributed by atoms with Crippen molar-refractivity contribution in [3.05, 3.63) is 94.4 Å². The Bertz CT molecular complexity index is 1390. The van der Waals surface area contributed by atoms with Gasteiger partial charge in [-0.2, -0.15) is 0 Å². The van der Waals surface area contributed by atoms with Crippen LogP contribution >= 0.6 is 23.2 Å². The fourth-order valence-electron chi connectivity index (χ4n) is 3.10. The van der Waals surface area contributed by atoms with Crippen LogP contribution in [-0.4, -0.2) is 22.4 Å². The number of fused-ring (bicyclic) bond motifs is 1. The first-order chi connectivity index (χ1) is 15.8. The highest BCUT2D eigenvalue weighted by Gasteiger charge is 2.21. The van der Waals surface area contributed by atoms with Crippen LogP contribution in [-0.2, 0) is 9.59 Å². The predicted octanol–water partition coefficient (Wildman–Crippen LogP) is 5.05. The van der Waals surface area contributed by atoms with Crippen LogP contribution in [0.3, 0.4) is 0 Å². The highest BCUT2D eigenvalue weighted by atomic mass is 35.5. The summed E-state index contributed by atoms with van der Waals surface area (Å²) in [5.74, 6) is -3.06. The first-order valence-corrected chi connectivity index (χ1v) is 10.3. The second kappa shape index (κ2) is 9.32. The summed E-state index contributed by atoms with van der Waals surface area (Å²) in [7, 11) is 0. The molecule has 0 spiro atoms. The van der Waals surface area contributed by atoms with Crippen LogP contribution in [0.5, 0.6) is 0 Å². The van der Waals surface area contributed by atoms with Gasteiger partial charge < -0.3 is 10.6 Å². The minimum atomic E-state index is -1.03. The second-order valence-electron chi connectivity index (χ2n) is 6.90. The minimum absolute atomic E-state index is 0.0236. The lowest BCUT2D eigenvalue weighted by Gasteiger charge is -2.13. The van der Waals surface area contributed by atoms with Crippen molar-refractivity contribution >= 4 is 63.2 Å². The number of halogens is 3. The van der Waals surface area contributed by atoms with Gasteiger partial charge in [-0.3, -0.25) is 19.8 Å². The number of para-hydroxylation sites is 1. The van der Waals surface area contributed by atoms with Crippen LogP contribution in [0.4, 0.5) is 15.8 Å². The first kappa shape index (κ1) is 22.3. The molecule has 0 aliphatic rings. The Kier molecular flexibility index (Phi) is 6.30. The maximum Gasteiger partial charge on any atom is 0.328 e. The number of nitrogens with zero attached hydrogens (tertiary/aromatic N) is 1. The van der Waals surface area contributed by atoms with Crippen molar-refractivity contribution in [2.75, 3.05) is 16.1 Å². The van der Waals surface area contributed by atoms with E-state index in [0.29, 0.717) is 21.6 Å². The molecule has 1 heterocycles. The molecular formula is C23H15Cl2FN4O3. The van der Waals surface area contributed by atoms with Crippen molar-refractivity contribution in [1.82, 2.24) is 4.68 Å². The third-order valence-electron chi connectivity index (χ3n) is 4.64. The Balaban J connectivity index is 1.63. The molecule has 1 aromatic heterocycles. The van der Waals surface area contributed by atoms with Gasteiger partial charge in [0, 0.05) is 16.1 Å². The third kappa shape index (κ3) is 4.97. The molecule has 0 aliphatic heterocycles. The third-order valence-corrected chi connectivity index (χ3v) is 5.20. The Morgan fingerprint density at radius 1 is 0.818 bits per heavy atom. The fourth-order valence-corrected chi connectivity index (χ4v) is 3.46. The number of aromatic nitrogens is 1. The van der Waals surface area contributed by atoms with Crippen LogP contribution in [0.25, 0.3) is 10.9 Å². The SMILES string of the molecule is O=C(Nc1ccccc1Cl)C(=O)Nn1c(C(=O)Nc2ccc(F)cc2)cc2cc(Cl)ccc21. The maximum absolute atomic E-state index is 13.2. The number of hydrogen-bond donors (Lipinski definition) is 3. The van der Waals surface area contributed by atoms with Crippen molar-refractivity contribution < 1.29 is 18.8 Å². The van der Waals surface area contributed by atoms with Gasteiger partial charge in [-0.05, 0) is 60.7 Å². The Hall–Kier alpha value is -3.88. The van der Waals surface area contributed by atoms with Gasteiger partial charge in [0.1, 0.15) is 11.5 Å². The van der Waals surface area contributed by atoms with Crippen LogP contribution < -0.4 is 16.1 Å². The van der Waals surface area contributed by atoms with Crippen LogP contribution in [0.15, 0.2) is 72.8 Å². The minimum Gasteiger partial charge on any atom is -0.321 e. The molecule has 10 heteroatoms. The van der Waals surface area contributed by atoms with Crippen LogP contribution in [0, 0.1) is 5.82 Å². The molecule has 0 aliphatic carbocycles. The summed E-state index contributed by atoms with van der Waals surface area (Å²) in [4.78, 5) is 38.0. The second-order valence-corrected chi connectivity index (χ2v) is 7.75. The van der Waals surface area contributed by atoms with Gasteiger partial charge in [-0.15, -0.1) is 0 Å². The number of anilines is 2. The standard InChI is InChI=1S/C23H15Cl2FN4O3/c24-14-5-10-19-13(11-14)12-20(21(31)27-16-8-6-15(26)7-9-16)30(19)29-23(33)22(32)28-18-4-2-1-3-17(18)25/h1-12H,(H,27,31)(H,28,32)(H,29,33). The summed E-state index contributed by atoms with van der Waals surface area (Å²) in [6, 6.07) is 17.9. The van der Waals surface area contributed by atoms with E-state index in [4.69, 9.17) is 23.2 Å². The van der Waals surface area contributed by atoms with E-state index in [1.165, 1.54) is 35.0 Å². The maximum atomic E-state index is 13.2. The van der Waals surface area contributed by atoms with Gasteiger partial charge in [-0.25, -0.2) is 9.07 Å². The highest BCUT2D eigenvalue weighted by Crippen LogP contribution is 2.24. The predicted molar refractivity (Wildman–Crippen MR) is 126 cm³/mol. The number of nitrogens with one attached hydrogen (secondary N) is 3. The summed E-state index contributed by atoms with van der Waals surface area (Å²) in [6.45, 7) is 0. The van der Waals surface area contributed by atoms with Crippen molar-refractivity contribution in [1.29, 1.82) is 0 Å². The van der Waals surface area contributed by atoms with Crippen molar-refractivity contribution in [2.24, 2.45) is 0 Å². The molecule has 166 valence electrons. The molecule has 33 heavy (non-hydrogen) atoms. The topological polar surface area (TPSA) is 92.2 Å². The molecule has 0 atom stereocenters. The molecule has 3 amide bonds. The van der Waals surface area contributed by atoms with E-state index in [9.17, 15) is 18.8 Å². The molecule has 0 saturated carbocycles. The molecule has 4 aromatic rings. The normalized spacial score (nSPS) is 10.6. The number of hydrogen-bond acceptors (Lipinski definition) is 3. The largest absolute Gasteiger partial charge is 0.328 e. The van der Waals surface area contributed by atoms with E-state index in [1.54, 1.807) is 42.5 Å². The molecular weight excluding hydrogens is 470 g/mol. The summed E-state index contributed by atoms with van der Waals surface area (Å²) in [5.41, 5.74) is 3.49. The number of carbonyl (C=O) groups is 3. The zero-order valence-electron chi connectivity index (χ0n) is 16.7. The molecule has 0 fully saturated rings. The van der Waals surface area contributed by atoms with Crippen molar-refractivity contribution in [3.63, 3.8) is 0 Å². The van der Waals surface area contributed by atoms with E-state index in [1.807, 2.05) is 0 Å². The highest BCUT2D eigenvalue weighted by molar-refractivity contribution is 6.44. The lowest BCUT2D eigenvalue weighted by atomic mass is 10.2. The molecule has 3 aromatic carbocycles. The van der Waals surface area contributed by atoms with E-state index in [0.717, 1.165) is 0 Å². The van der Waals surface area contributed by atoms with Crippen molar-refractivity contribution in [2.45, 2.75) is 0 Å². The summed E-state index contributed by atoms with van der Waals surface area (Å²) in [5, 5.41) is 6.28. The Morgan fingerprint density at radius 3 is 2.27 bits per heavy atom. The number of rotatable bonds is 4. The van der Waals surface area contributed by atoms with Gasteiger partial charge >= 0.3 is 11.8 Å². The van der Waals surface area contributed by atoms with Gasteiger partial charge in [0.25, 0.3) is 5.91 Å². The monoisotopic (exact) mass is 484 g/mol. The van der Waals surface area contributed by atoms with E-state index in [2.05, 4.69) is 16.1 Å². The molecule has 0 saturated heterocycles. The van der Waals surface area contributed by atoms with E-state index < -0.39 is 23.5 Å². The van der Waals surface area contributed by atoms with Crippen LogP contribution in [0.2, 0.25) is 10.0 Å². The molecule has 0 radical (unpaired) electrons. The van der Waals surface area contributed by atoms with Crippen LogP contribution in [0.1, 0.15) is 10.5 Å². The number of benzene rings is 3. The molecule has 0 unspecified atom stereocenters. The summed E-state index contributed by atoms with van der Waals surface area (Å²) in [6.07, 6.45) is 0. The lowest BCUT2D eigenvalue weighted by molar-refractivity contribution is -0.133. The quantitative estimate of drug-likeness (QED) is 0.354. The van der Waals surface area contributed by atoms with Gasteiger partial charge in [0.05, 0.1) is 16.2 Å². The molecule has 4 rings (SSSR count). The molecule has 0 bridgehead atoms. The van der Waals surface area contributed by atoms with Crippen molar-refractivity contribution in [3.8, 4) is 0 Å². The Labute approximate surface area is 197 Å². The van der Waals surface area contributed by atoms with Gasteiger partial charge in [-0.1, -0.05) is 35.3 Å². The van der Waals surface area contributed by atoms with Gasteiger partial charge in [0.2, 0.25) is 0 Å². The average Bonchev–Trinajstić information content (AvgIpc) is 3.14. The van der Waals surface area contributed by atoms with E-state index >= 15 is 0 Å². The zero-order valence-corrected chi connectivity index (χ0v) is 18.2. The van der Waals surface area contributed by atoms with Gasteiger partial charge in [0.15, 0.2) is 0 Å². The average molecular weight is 485 g/mol. The van der Waals surface area contributed by atoms with E-state index in [-0.39, 0.29) is 16.4 Å². The summed E-state index contributed by atoms with van der Waals surface area (Å²) >= 11 is 12.1. The number of carbonyl (C=O) groups excluding carboxylic acids is 3. The lowest BCUT2D eigenvalue weighted by Crippen LogP contribution is -2.36. The fraction of sp³-hybridized carbons (Fsp3) is 0. The number of amides is 3. The zero-order chi connectivity index (χ0) is 23.5. The molecule has 3 N–H and O–H groups in total. The Morgan fingerprint density at radius 2 is 1.55 bits per heavy atom. The summed E-state index contributed by atoms with van der Waals surface area (Å²) < 4.78 is 14.3.